The van der Waals surface area contributed by atoms with Gasteiger partial charge < -0.3 is 15.4 Å². The lowest BCUT2D eigenvalue weighted by Gasteiger charge is -2.23. The number of H-pyrrole nitrogens is 1. The van der Waals surface area contributed by atoms with Crippen LogP contribution in [0.4, 0.5) is 16.4 Å². The molecule has 1 unspecified atom stereocenters. The predicted molar refractivity (Wildman–Crippen MR) is 108 cm³/mol. The standard InChI is InChI=1S/C20H24N6O2/c1-13(14-5-3-2-4-6-14)22-20(27)24-18-11-17-16(12-21-18)19(26-25-17)23-15-7-9-28-10-8-15/h2-6,11-13,15H,7-10H2,1H3,(H2,23,25,26)(H2,21,22,24,27). The minimum absolute atomic E-state index is 0.104. The second kappa shape index (κ2) is 8.26. The summed E-state index contributed by atoms with van der Waals surface area (Å²) in [6, 6.07) is 11.5. The number of aromatic nitrogens is 3. The van der Waals surface area contributed by atoms with Crippen molar-refractivity contribution in [3.63, 3.8) is 0 Å². The van der Waals surface area contributed by atoms with Gasteiger partial charge in [0.15, 0.2) is 5.82 Å². The molecule has 0 aliphatic carbocycles. The SMILES string of the molecule is CC(NC(=O)Nc1cc2[nH]nc(NC3CCOCC3)c2cn1)c1ccccc1. The molecule has 0 radical (unpaired) electrons. The molecule has 1 aromatic carbocycles. The molecular weight excluding hydrogens is 356 g/mol. The van der Waals surface area contributed by atoms with Crippen molar-refractivity contribution in [1.82, 2.24) is 20.5 Å². The Morgan fingerprint density at radius 2 is 2.04 bits per heavy atom. The minimum atomic E-state index is -0.303. The third-order valence-corrected chi connectivity index (χ3v) is 4.90. The van der Waals surface area contributed by atoms with Crippen LogP contribution in [0.25, 0.3) is 10.9 Å². The molecule has 1 fully saturated rings. The van der Waals surface area contributed by atoms with Gasteiger partial charge in [0.2, 0.25) is 0 Å². The van der Waals surface area contributed by atoms with E-state index in [4.69, 9.17) is 4.74 Å². The van der Waals surface area contributed by atoms with Crippen LogP contribution in [0.3, 0.4) is 0 Å². The van der Waals surface area contributed by atoms with Crippen LogP contribution in [0.15, 0.2) is 42.6 Å². The van der Waals surface area contributed by atoms with E-state index in [-0.39, 0.29) is 12.1 Å². The van der Waals surface area contributed by atoms with Gasteiger partial charge in [-0.3, -0.25) is 10.4 Å². The normalized spacial score (nSPS) is 15.9. The molecule has 1 saturated heterocycles. The van der Waals surface area contributed by atoms with E-state index in [1.54, 1.807) is 12.3 Å². The molecule has 1 aliphatic rings. The highest BCUT2D eigenvalue weighted by atomic mass is 16.5. The van der Waals surface area contributed by atoms with Gasteiger partial charge >= 0.3 is 6.03 Å². The number of urea groups is 1. The third-order valence-electron chi connectivity index (χ3n) is 4.90. The van der Waals surface area contributed by atoms with Crippen LogP contribution < -0.4 is 16.0 Å². The molecule has 3 aromatic rings. The summed E-state index contributed by atoms with van der Waals surface area (Å²) in [5.41, 5.74) is 1.86. The van der Waals surface area contributed by atoms with Crippen LogP contribution in [0, 0.1) is 0 Å². The summed E-state index contributed by atoms with van der Waals surface area (Å²) in [6.07, 6.45) is 3.64. The van der Waals surface area contributed by atoms with Gasteiger partial charge in [-0.2, -0.15) is 5.10 Å². The van der Waals surface area contributed by atoms with Crippen molar-refractivity contribution in [3.8, 4) is 0 Å². The fraction of sp³-hybridized carbons (Fsp3) is 0.350. The third kappa shape index (κ3) is 4.23. The lowest BCUT2D eigenvalue weighted by atomic mass is 10.1. The molecule has 4 N–H and O–H groups in total. The molecule has 0 saturated carbocycles. The predicted octanol–water partition coefficient (Wildman–Crippen LogP) is 3.43. The van der Waals surface area contributed by atoms with Gasteiger partial charge in [-0.05, 0) is 25.3 Å². The molecule has 8 heteroatoms. The summed E-state index contributed by atoms with van der Waals surface area (Å²) >= 11 is 0. The highest BCUT2D eigenvalue weighted by Gasteiger charge is 2.17. The molecule has 0 bridgehead atoms. The van der Waals surface area contributed by atoms with Gasteiger partial charge in [-0.1, -0.05) is 30.3 Å². The van der Waals surface area contributed by atoms with Crippen molar-refractivity contribution in [2.75, 3.05) is 23.8 Å². The number of aromatic amines is 1. The Morgan fingerprint density at radius 1 is 1.25 bits per heavy atom. The fourth-order valence-corrected chi connectivity index (χ4v) is 3.30. The smallest absolute Gasteiger partial charge is 0.320 e. The molecule has 0 spiro atoms. The zero-order chi connectivity index (χ0) is 19.3. The van der Waals surface area contributed by atoms with Gasteiger partial charge in [0, 0.05) is 31.5 Å². The van der Waals surface area contributed by atoms with E-state index in [1.807, 2.05) is 37.3 Å². The van der Waals surface area contributed by atoms with Crippen molar-refractivity contribution in [1.29, 1.82) is 0 Å². The molecule has 146 valence electrons. The molecule has 8 nitrogen and oxygen atoms in total. The van der Waals surface area contributed by atoms with Gasteiger partial charge in [0.1, 0.15) is 5.82 Å². The lowest BCUT2D eigenvalue weighted by molar-refractivity contribution is 0.0904. The second-order valence-corrected chi connectivity index (χ2v) is 6.95. The number of pyridine rings is 1. The van der Waals surface area contributed by atoms with Crippen LogP contribution >= 0.6 is 0 Å². The molecule has 1 aliphatic heterocycles. The molecular formula is C20H24N6O2. The van der Waals surface area contributed by atoms with Crippen LogP contribution in [0.1, 0.15) is 31.4 Å². The lowest BCUT2D eigenvalue weighted by Crippen LogP contribution is -2.31. The van der Waals surface area contributed by atoms with E-state index in [1.165, 1.54) is 0 Å². The number of rotatable bonds is 5. The number of amides is 2. The van der Waals surface area contributed by atoms with Gasteiger partial charge in [0.25, 0.3) is 0 Å². The maximum Gasteiger partial charge on any atom is 0.320 e. The van der Waals surface area contributed by atoms with Crippen LogP contribution in [0.2, 0.25) is 0 Å². The number of nitrogens with zero attached hydrogens (tertiary/aromatic N) is 2. The first-order valence-electron chi connectivity index (χ1n) is 9.50. The number of nitrogens with one attached hydrogen (secondary N) is 4. The Balaban J connectivity index is 1.40. The molecule has 28 heavy (non-hydrogen) atoms. The van der Waals surface area contributed by atoms with Crippen LogP contribution in [-0.2, 0) is 4.74 Å². The highest BCUT2D eigenvalue weighted by Crippen LogP contribution is 2.24. The quantitative estimate of drug-likeness (QED) is 0.543. The minimum Gasteiger partial charge on any atom is -0.381 e. The summed E-state index contributed by atoms with van der Waals surface area (Å²) in [4.78, 5) is 16.6. The number of anilines is 2. The molecule has 2 amide bonds. The largest absolute Gasteiger partial charge is 0.381 e. The fourth-order valence-electron chi connectivity index (χ4n) is 3.30. The van der Waals surface area contributed by atoms with Gasteiger partial charge in [-0.15, -0.1) is 0 Å². The zero-order valence-corrected chi connectivity index (χ0v) is 15.7. The van der Waals surface area contributed by atoms with Crippen molar-refractivity contribution < 1.29 is 9.53 Å². The van der Waals surface area contributed by atoms with E-state index in [0.29, 0.717) is 11.9 Å². The first-order valence-corrected chi connectivity index (χ1v) is 9.50. The van der Waals surface area contributed by atoms with E-state index in [0.717, 1.165) is 48.3 Å². The van der Waals surface area contributed by atoms with Gasteiger partial charge in [-0.25, -0.2) is 9.78 Å². The maximum atomic E-state index is 12.3. The summed E-state index contributed by atoms with van der Waals surface area (Å²) in [6.45, 7) is 3.47. The topological polar surface area (TPSA) is 104 Å². The van der Waals surface area contributed by atoms with Crippen molar-refractivity contribution in [2.45, 2.75) is 31.8 Å². The van der Waals surface area contributed by atoms with Crippen molar-refractivity contribution >= 4 is 28.6 Å². The monoisotopic (exact) mass is 380 g/mol. The van der Waals surface area contributed by atoms with Crippen LogP contribution in [0.5, 0.6) is 0 Å². The number of carbonyl (C=O) groups is 1. The molecule has 1 atom stereocenters. The Kier molecular flexibility index (Phi) is 5.38. The number of carbonyl (C=O) groups excluding carboxylic acids is 1. The number of ether oxygens (including phenoxy) is 1. The highest BCUT2D eigenvalue weighted by molar-refractivity contribution is 5.94. The summed E-state index contributed by atoms with van der Waals surface area (Å²) < 4.78 is 5.39. The van der Waals surface area contributed by atoms with Gasteiger partial charge in [0.05, 0.1) is 16.9 Å². The Morgan fingerprint density at radius 3 is 2.82 bits per heavy atom. The number of hydrogen-bond donors (Lipinski definition) is 4. The average Bonchev–Trinajstić information content (AvgIpc) is 3.11. The molecule has 3 heterocycles. The summed E-state index contributed by atoms with van der Waals surface area (Å²) in [5.74, 6) is 1.25. The van der Waals surface area contributed by atoms with E-state index in [2.05, 4.69) is 31.1 Å². The van der Waals surface area contributed by atoms with Crippen molar-refractivity contribution in [3.05, 3.63) is 48.2 Å². The molecule has 4 rings (SSSR count). The number of hydrogen-bond acceptors (Lipinski definition) is 5. The maximum absolute atomic E-state index is 12.3. The Labute approximate surface area is 163 Å². The molecule has 2 aromatic heterocycles. The number of benzene rings is 1. The second-order valence-electron chi connectivity index (χ2n) is 6.95. The van der Waals surface area contributed by atoms with E-state index < -0.39 is 0 Å². The first-order chi connectivity index (χ1) is 13.7. The average molecular weight is 380 g/mol. The first kappa shape index (κ1) is 18.2. The summed E-state index contributed by atoms with van der Waals surface area (Å²) in [5, 5.41) is 17.4. The Bertz CT molecular complexity index is 936. The Hall–Kier alpha value is -3.13. The van der Waals surface area contributed by atoms with E-state index in [9.17, 15) is 4.79 Å². The van der Waals surface area contributed by atoms with Crippen molar-refractivity contribution in [2.24, 2.45) is 0 Å². The van der Waals surface area contributed by atoms with E-state index >= 15 is 0 Å². The van der Waals surface area contributed by atoms with Crippen LogP contribution in [-0.4, -0.2) is 40.5 Å². The zero-order valence-electron chi connectivity index (χ0n) is 15.7. The summed E-state index contributed by atoms with van der Waals surface area (Å²) in [7, 11) is 0. The number of fused-ring (bicyclic) bond motifs is 1.